The van der Waals surface area contributed by atoms with Gasteiger partial charge in [0, 0.05) is 0 Å². The molecule has 0 saturated heterocycles. The molecule has 0 rings (SSSR count). The summed E-state index contributed by atoms with van der Waals surface area (Å²) in [4.78, 5) is -0.373. The minimum Gasteiger partial charge on any atom is -0.121 e. The summed E-state index contributed by atoms with van der Waals surface area (Å²) in [6, 6.07) is 0. The number of halogens is 2. The van der Waals surface area contributed by atoms with Gasteiger partial charge in [0.1, 0.15) is 0 Å². The van der Waals surface area contributed by atoms with Crippen LogP contribution in [0.25, 0.3) is 0 Å². The summed E-state index contributed by atoms with van der Waals surface area (Å²) < 4.78 is 0. The highest BCUT2D eigenvalue weighted by atomic mass is 35.5. The quantitative estimate of drug-likeness (QED) is 0.490. The number of alkyl halides is 2. The molecule has 0 aromatic rings. The molecule has 0 nitrogen and oxygen atoms in total. The van der Waals surface area contributed by atoms with E-state index in [1.807, 2.05) is 13.8 Å². The highest BCUT2D eigenvalue weighted by molar-refractivity contribution is 6.32. The molecule has 1 atom stereocenters. The van der Waals surface area contributed by atoms with Crippen LogP contribution in [0.5, 0.6) is 0 Å². The van der Waals surface area contributed by atoms with Gasteiger partial charge in [-0.15, -0.1) is 23.2 Å². The van der Waals surface area contributed by atoms with E-state index in [0.29, 0.717) is 0 Å². The first-order chi connectivity index (χ1) is 2.94. The van der Waals surface area contributed by atoms with Crippen molar-refractivity contribution in [1.29, 1.82) is 0 Å². The van der Waals surface area contributed by atoms with Crippen molar-refractivity contribution in [3.8, 4) is 0 Å². The molecule has 0 saturated carbocycles. The van der Waals surface area contributed by atoms with E-state index in [2.05, 4.69) is 6.92 Å². The molecule has 1 radical (unpaired) electrons. The molecule has 0 aliphatic carbocycles. The highest BCUT2D eigenvalue weighted by Crippen LogP contribution is 2.21. The summed E-state index contributed by atoms with van der Waals surface area (Å²) in [7, 11) is 0. The van der Waals surface area contributed by atoms with Gasteiger partial charge in [0.05, 0.1) is 10.3 Å². The molecular formula is C5H9Cl2. The van der Waals surface area contributed by atoms with E-state index in [4.69, 9.17) is 23.2 Å². The van der Waals surface area contributed by atoms with E-state index in [1.165, 1.54) is 0 Å². The number of hydrogen-bond donors (Lipinski definition) is 0. The molecular weight excluding hydrogens is 131 g/mol. The molecule has 7 heavy (non-hydrogen) atoms. The Labute approximate surface area is 54.8 Å². The second-order valence-corrected chi connectivity index (χ2v) is 3.53. The Morgan fingerprint density at radius 2 is 1.71 bits per heavy atom. The lowest BCUT2D eigenvalue weighted by Gasteiger charge is -2.17. The van der Waals surface area contributed by atoms with Crippen LogP contribution < -0.4 is 0 Å². The summed E-state index contributed by atoms with van der Waals surface area (Å²) in [5.74, 6) is 0. The van der Waals surface area contributed by atoms with E-state index in [1.54, 1.807) is 0 Å². The number of rotatable bonds is 1. The van der Waals surface area contributed by atoms with E-state index < -0.39 is 0 Å². The SMILES string of the molecule is [CH2]C(Cl)C(C)(C)Cl. The maximum Gasteiger partial charge on any atom is 0.0553 e. The van der Waals surface area contributed by atoms with Crippen LogP contribution in [0, 0.1) is 6.92 Å². The van der Waals surface area contributed by atoms with E-state index in [9.17, 15) is 0 Å². The van der Waals surface area contributed by atoms with Crippen molar-refractivity contribution in [1.82, 2.24) is 0 Å². The third-order valence-corrected chi connectivity index (χ3v) is 1.67. The fourth-order valence-corrected chi connectivity index (χ4v) is 0. The summed E-state index contributed by atoms with van der Waals surface area (Å²) >= 11 is 11.2. The van der Waals surface area contributed by atoms with E-state index in [-0.39, 0.29) is 10.3 Å². The molecule has 43 valence electrons. The Hall–Kier alpha value is 0.580. The molecule has 0 bridgehead atoms. The fourth-order valence-electron chi connectivity index (χ4n) is 0. The van der Waals surface area contributed by atoms with Crippen molar-refractivity contribution in [3.63, 3.8) is 0 Å². The Morgan fingerprint density at radius 1 is 1.57 bits per heavy atom. The lowest BCUT2D eigenvalue weighted by molar-refractivity contribution is 0.717. The molecule has 0 N–H and O–H groups in total. The zero-order valence-corrected chi connectivity index (χ0v) is 6.05. The number of hydrogen-bond acceptors (Lipinski definition) is 0. The monoisotopic (exact) mass is 139 g/mol. The van der Waals surface area contributed by atoms with Crippen LogP contribution in [0.3, 0.4) is 0 Å². The first kappa shape index (κ1) is 7.58. The van der Waals surface area contributed by atoms with Crippen LogP contribution in [-0.4, -0.2) is 10.3 Å². The summed E-state index contributed by atoms with van der Waals surface area (Å²) in [5, 5.41) is -0.214. The first-order valence-corrected chi connectivity index (χ1v) is 2.92. The van der Waals surface area contributed by atoms with Crippen LogP contribution in [0.4, 0.5) is 0 Å². The lowest BCUT2D eigenvalue weighted by Crippen LogP contribution is -2.21. The van der Waals surface area contributed by atoms with Gasteiger partial charge < -0.3 is 0 Å². The Morgan fingerprint density at radius 3 is 1.71 bits per heavy atom. The molecule has 0 amide bonds. The van der Waals surface area contributed by atoms with Gasteiger partial charge in [0.25, 0.3) is 0 Å². The van der Waals surface area contributed by atoms with Crippen LogP contribution >= 0.6 is 23.2 Å². The van der Waals surface area contributed by atoms with Crippen molar-refractivity contribution >= 4 is 23.2 Å². The topological polar surface area (TPSA) is 0 Å². The van der Waals surface area contributed by atoms with Gasteiger partial charge in [-0.3, -0.25) is 0 Å². The van der Waals surface area contributed by atoms with Crippen molar-refractivity contribution in [2.45, 2.75) is 24.1 Å². The molecule has 1 unspecified atom stereocenters. The van der Waals surface area contributed by atoms with E-state index >= 15 is 0 Å². The molecule has 0 spiro atoms. The maximum absolute atomic E-state index is 5.67. The molecule has 0 aromatic carbocycles. The third kappa shape index (κ3) is 3.19. The predicted molar refractivity (Wildman–Crippen MR) is 34.9 cm³/mol. The van der Waals surface area contributed by atoms with Gasteiger partial charge >= 0.3 is 0 Å². The maximum atomic E-state index is 5.67. The zero-order chi connectivity index (χ0) is 6.08. The summed E-state index contributed by atoms with van der Waals surface area (Å²) in [6.07, 6.45) is 0. The minimum atomic E-state index is -0.373. The smallest absolute Gasteiger partial charge is 0.0553 e. The molecule has 0 aromatic heterocycles. The normalized spacial score (nSPS) is 16.7. The fraction of sp³-hybridized carbons (Fsp3) is 0.800. The second kappa shape index (κ2) is 2.23. The van der Waals surface area contributed by atoms with Crippen LogP contribution in [0.15, 0.2) is 0 Å². The Balaban J connectivity index is 3.54. The van der Waals surface area contributed by atoms with Gasteiger partial charge in [-0.2, -0.15) is 0 Å². The van der Waals surface area contributed by atoms with Gasteiger partial charge in [0.2, 0.25) is 0 Å². The Bertz CT molecular complexity index is 51.6. The lowest BCUT2D eigenvalue weighted by atomic mass is 10.1. The van der Waals surface area contributed by atoms with Gasteiger partial charge in [-0.1, -0.05) is 0 Å². The largest absolute Gasteiger partial charge is 0.121 e. The molecule has 0 aliphatic rings. The minimum absolute atomic E-state index is 0.214. The van der Waals surface area contributed by atoms with Crippen LogP contribution in [-0.2, 0) is 0 Å². The van der Waals surface area contributed by atoms with Crippen molar-refractivity contribution < 1.29 is 0 Å². The average Bonchev–Trinajstić information content (AvgIpc) is 1.31. The van der Waals surface area contributed by atoms with Crippen molar-refractivity contribution in [3.05, 3.63) is 6.92 Å². The van der Waals surface area contributed by atoms with Crippen LogP contribution in [0.1, 0.15) is 13.8 Å². The second-order valence-electron chi connectivity index (χ2n) is 2.03. The molecule has 0 aliphatic heterocycles. The van der Waals surface area contributed by atoms with Gasteiger partial charge in [-0.25, -0.2) is 0 Å². The molecule has 0 heterocycles. The standard InChI is InChI=1S/C5H9Cl2/c1-4(6)5(2,3)7/h4H,1H2,2-3H3. The molecule has 0 fully saturated rings. The van der Waals surface area contributed by atoms with Gasteiger partial charge in [0.15, 0.2) is 0 Å². The van der Waals surface area contributed by atoms with Crippen LogP contribution in [0.2, 0.25) is 0 Å². The van der Waals surface area contributed by atoms with Crippen molar-refractivity contribution in [2.24, 2.45) is 0 Å². The predicted octanol–water partition coefficient (Wildman–Crippen LogP) is 2.45. The zero-order valence-electron chi connectivity index (χ0n) is 4.54. The summed E-state index contributed by atoms with van der Waals surface area (Å²) in [5.41, 5.74) is 0. The summed E-state index contributed by atoms with van der Waals surface area (Å²) in [6.45, 7) is 7.21. The highest BCUT2D eigenvalue weighted by Gasteiger charge is 2.19. The molecule has 2 heteroatoms. The Kier molecular flexibility index (Phi) is 2.42. The van der Waals surface area contributed by atoms with Crippen molar-refractivity contribution in [2.75, 3.05) is 0 Å². The first-order valence-electron chi connectivity index (χ1n) is 2.10. The van der Waals surface area contributed by atoms with Gasteiger partial charge in [-0.05, 0) is 20.8 Å². The van der Waals surface area contributed by atoms with E-state index in [0.717, 1.165) is 0 Å². The third-order valence-electron chi connectivity index (χ3n) is 0.745. The average molecular weight is 140 g/mol.